The topological polar surface area (TPSA) is 117 Å². The molecule has 3 aromatic heterocycles. The number of hydrogen-bond acceptors (Lipinski definition) is 8. The number of amides is 1. The maximum absolute atomic E-state index is 14.0. The fraction of sp³-hybridized carbons (Fsp3) is 0.520. The Morgan fingerprint density at radius 2 is 1.97 bits per heavy atom. The fourth-order valence-electron chi connectivity index (χ4n) is 4.75. The first-order chi connectivity index (χ1) is 18.6. The summed E-state index contributed by atoms with van der Waals surface area (Å²) in [7, 11) is 0. The molecule has 210 valence electrons. The molecule has 14 heteroatoms. The van der Waals surface area contributed by atoms with E-state index in [1.54, 1.807) is 11.0 Å². The molecule has 0 radical (unpaired) electrons. The Morgan fingerprint density at radius 3 is 2.69 bits per heavy atom. The summed E-state index contributed by atoms with van der Waals surface area (Å²) in [4.78, 5) is 27.5. The summed E-state index contributed by atoms with van der Waals surface area (Å²) >= 11 is 0. The fourth-order valence-corrected chi connectivity index (χ4v) is 4.75. The van der Waals surface area contributed by atoms with Gasteiger partial charge in [0.05, 0.1) is 23.7 Å². The van der Waals surface area contributed by atoms with Gasteiger partial charge in [-0.3, -0.25) is 4.79 Å². The lowest BCUT2D eigenvalue weighted by atomic mass is 10.1. The molecule has 5 rings (SSSR count). The number of piperidine rings is 1. The summed E-state index contributed by atoms with van der Waals surface area (Å²) in [6, 6.07) is 0.958. The third-order valence-corrected chi connectivity index (χ3v) is 7.10. The third-order valence-electron chi connectivity index (χ3n) is 7.10. The number of aliphatic hydroxyl groups excluding tert-OH is 1. The van der Waals surface area contributed by atoms with E-state index in [1.807, 2.05) is 0 Å². The number of carbonyl (C=O) groups is 1. The van der Waals surface area contributed by atoms with Crippen LogP contribution in [-0.2, 0) is 4.74 Å². The van der Waals surface area contributed by atoms with Crippen molar-refractivity contribution in [2.45, 2.75) is 56.7 Å². The summed E-state index contributed by atoms with van der Waals surface area (Å²) in [6.45, 7) is 2.35. The summed E-state index contributed by atoms with van der Waals surface area (Å²) in [5.41, 5.74) is 0.276. The molecule has 0 aromatic carbocycles. The van der Waals surface area contributed by atoms with Crippen LogP contribution in [0.1, 0.15) is 42.6 Å². The number of nitrogens with zero attached hydrogens (tertiary/aromatic N) is 5. The Kier molecular flexibility index (Phi) is 7.58. The lowest BCUT2D eigenvalue weighted by Gasteiger charge is -2.32. The maximum atomic E-state index is 14.0. The molecule has 5 heterocycles. The quantitative estimate of drug-likeness (QED) is 0.399. The molecule has 10 nitrogen and oxygen atoms in total. The number of alkyl halides is 4. The molecular weight excluding hydrogens is 522 g/mol. The van der Waals surface area contributed by atoms with Crippen LogP contribution in [0.25, 0.3) is 10.9 Å². The van der Waals surface area contributed by atoms with Gasteiger partial charge in [0.25, 0.3) is 5.91 Å². The number of carbonyl (C=O) groups excluding carboxylic acids is 1. The van der Waals surface area contributed by atoms with Crippen LogP contribution in [0.5, 0.6) is 0 Å². The molecular formula is C25H29F4N7O3. The Balaban J connectivity index is 1.43. The average Bonchev–Trinajstić information content (AvgIpc) is 3.29. The average molecular weight is 552 g/mol. The smallest absolute Gasteiger partial charge is 0.390 e. The van der Waals surface area contributed by atoms with Gasteiger partial charge in [-0.2, -0.15) is 18.2 Å². The minimum atomic E-state index is -4.55. The number of ether oxygens (including phenoxy) is 1. The largest absolute Gasteiger partial charge is 0.408 e. The zero-order chi connectivity index (χ0) is 27.7. The van der Waals surface area contributed by atoms with Crippen molar-refractivity contribution < 1.29 is 32.2 Å². The van der Waals surface area contributed by atoms with E-state index in [9.17, 15) is 27.5 Å². The first-order valence-corrected chi connectivity index (χ1v) is 12.7. The lowest BCUT2D eigenvalue weighted by molar-refractivity contribution is -0.162. The Bertz CT molecular complexity index is 1330. The molecule has 3 atom stereocenters. The van der Waals surface area contributed by atoms with Gasteiger partial charge in [-0.15, -0.1) is 0 Å². The monoisotopic (exact) mass is 551 g/mol. The van der Waals surface area contributed by atoms with E-state index < -0.39 is 30.4 Å². The van der Waals surface area contributed by atoms with Crippen molar-refractivity contribution in [1.29, 1.82) is 0 Å². The zero-order valence-corrected chi connectivity index (χ0v) is 21.2. The van der Waals surface area contributed by atoms with Crippen molar-refractivity contribution in [3.05, 3.63) is 36.3 Å². The predicted octanol–water partition coefficient (Wildman–Crippen LogP) is 3.51. The van der Waals surface area contributed by atoms with Gasteiger partial charge in [0.2, 0.25) is 5.95 Å². The van der Waals surface area contributed by atoms with Gasteiger partial charge in [0.15, 0.2) is 0 Å². The zero-order valence-electron chi connectivity index (χ0n) is 21.2. The normalized spacial score (nSPS) is 21.6. The molecule has 0 spiro atoms. The van der Waals surface area contributed by atoms with Crippen LogP contribution in [0.4, 0.5) is 35.1 Å². The van der Waals surface area contributed by atoms with E-state index in [2.05, 4.69) is 25.6 Å². The van der Waals surface area contributed by atoms with E-state index in [0.29, 0.717) is 38.4 Å². The number of hydrogen-bond donors (Lipinski definition) is 3. The van der Waals surface area contributed by atoms with E-state index >= 15 is 0 Å². The van der Waals surface area contributed by atoms with Crippen molar-refractivity contribution in [3.63, 3.8) is 0 Å². The Hall–Kier alpha value is -3.52. The second kappa shape index (κ2) is 10.9. The summed E-state index contributed by atoms with van der Waals surface area (Å²) in [5.74, 6) is 0.278. The van der Waals surface area contributed by atoms with Crippen molar-refractivity contribution in [2.75, 3.05) is 36.5 Å². The Labute approximate surface area is 221 Å². The molecule has 0 bridgehead atoms. The van der Waals surface area contributed by atoms with Crippen LogP contribution >= 0.6 is 0 Å². The molecule has 1 unspecified atom stereocenters. The number of pyridine rings is 1. The highest BCUT2D eigenvalue weighted by Gasteiger charge is 2.38. The van der Waals surface area contributed by atoms with Gasteiger partial charge >= 0.3 is 6.18 Å². The SMILES string of the molecule is CC(n1cc(C(=O)NC2CCOCC2)c2cnc(Nc3ccnc(N4CC[C@@H](O)[C@@H](F)C4)n3)cc21)C(F)(F)F. The van der Waals surface area contributed by atoms with Gasteiger partial charge in [-0.25, -0.2) is 14.4 Å². The van der Waals surface area contributed by atoms with Gasteiger partial charge in [0, 0.05) is 55.8 Å². The predicted molar refractivity (Wildman–Crippen MR) is 135 cm³/mol. The minimum absolute atomic E-state index is 0.0591. The molecule has 0 saturated carbocycles. The van der Waals surface area contributed by atoms with Gasteiger partial charge in [-0.1, -0.05) is 0 Å². The standard InChI is InChI=1S/C25H29F4N7O3/c1-14(25(27,28)29)36-12-17(23(38)32-15-4-8-39-9-5-15)16-11-31-22(10-19(16)36)33-21-2-6-30-24(34-21)35-7-3-20(37)18(26)13-35/h2,6,10-12,14-15,18,20,37H,3-5,7-9,13H2,1H3,(H,32,38)(H,30,31,33,34)/t14?,18-,20+/m0/s1. The van der Waals surface area contributed by atoms with E-state index in [0.717, 1.165) is 11.5 Å². The Morgan fingerprint density at radius 1 is 1.21 bits per heavy atom. The van der Waals surface area contributed by atoms with Crippen molar-refractivity contribution >= 4 is 34.4 Å². The van der Waals surface area contributed by atoms with Gasteiger partial charge in [-0.05, 0) is 32.3 Å². The minimum Gasteiger partial charge on any atom is -0.390 e. The second-order valence-corrected chi connectivity index (χ2v) is 9.80. The van der Waals surface area contributed by atoms with Gasteiger partial charge < -0.3 is 29.9 Å². The summed E-state index contributed by atoms with van der Waals surface area (Å²) in [6.07, 6.45) is -1.48. The highest BCUT2D eigenvalue weighted by molar-refractivity contribution is 6.07. The highest BCUT2D eigenvalue weighted by atomic mass is 19.4. The number of aliphatic hydroxyl groups is 1. The van der Waals surface area contributed by atoms with Crippen LogP contribution in [0.15, 0.2) is 30.7 Å². The van der Waals surface area contributed by atoms with Crippen molar-refractivity contribution in [1.82, 2.24) is 24.8 Å². The molecule has 0 aliphatic carbocycles. The molecule has 2 aliphatic heterocycles. The lowest BCUT2D eigenvalue weighted by Crippen LogP contribution is -2.45. The van der Waals surface area contributed by atoms with E-state index in [1.165, 1.54) is 24.7 Å². The van der Waals surface area contributed by atoms with Crippen molar-refractivity contribution in [3.8, 4) is 0 Å². The highest BCUT2D eigenvalue weighted by Crippen LogP contribution is 2.35. The molecule has 2 saturated heterocycles. The first-order valence-electron chi connectivity index (χ1n) is 12.7. The summed E-state index contributed by atoms with van der Waals surface area (Å²) in [5, 5.41) is 15.8. The first kappa shape index (κ1) is 27.1. The second-order valence-electron chi connectivity index (χ2n) is 9.80. The van der Waals surface area contributed by atoms with Crippen LogP contribution in [-0.4, -0.2) is 81.3 Å². The number of anilines is 3. The molecule has 3 aromatic rings. The number of rotatable bonds is 6. The molecule has 2 fully saturated rings. The number of fused-ring (bicyclic) bond motifs is 1. The number of nitrogens with one attached hydrogen (secondary N) is 2. The number of aromatic nitrogens is 4. The molecule has 1 amide bonds. The van der Waals surface area contributed by atoms with E-state index in [4.69, 9.17) is 4.74 Å². The van der Waals surface area contributed by atoms with Crippen LogP contribution in [0.2, 0.25) is 0 Å². The van der Waals surface area contributed by atoms with Crippen LogP contribution in [0, 0.1) is 0 Å². The summed E-state index contributed by atoms with van der Waals surface area (Å²) < 4.78 is 61.5. The molecule has 3 N–H and O–H groups in total. The maximum Gasteiger partial charge on any atom is 0.408 e. The molecule has 2 aliphatic rings. The van der Waals surface area contributed by atoms with Crippen molar-refractivity contribution in [2.24, 2.45) is 0 Å². The van der Waals surface area contributed by atoms with Crippen LogP contribution < -0.4 is 15.5 Å². The van der Waals surface area contributed by atoms with Gasteiger partial charge in [0.1, 0.15) is 23.8 Å². The number of halogens is 4. The molecule has 39 heavy (non-hydrogen) atoms. The third kappa shape index (κ3) is 5.91. The van der Waals surface area contributed by atoms with E-state index in [-0.39, 0.29) is 47.2 Å². The van der Waals surface area contributed by atoms with Crippen LogP contribution in [0.3, 0.4) is 0 Å².